The number of fused-ring (bicyclic) bond motifs is 1. The minimum absolute atomic E-state index is 0.0294. The Bertz CT molecular complexity index is 1360. The Hall–Kier alpha value is -4.06. The van der Waals surface area contributed by atoms with Gasteiger partial charge in [0.25, 0.3) is 5.91 Å². The Labute approximate surface area is 198 Å². The standard InChI is InChI=1S/C28H27NO5/c1-18-5-9-20(10-6-18)29-26(30)17-32-22-13-14-23-24(15-22)33-16-25(27(23)31)34-21-11-7-19(8-12-21)28(2,3)4/h5-16H,17H2,1-4H3,(H,29,30). The zero-order valence-corrected chi connectivity index (χ0v) is 19.7. The number of anilines is 1. The van der Waals surface area contributed by atoms with Crippen molar-refractivity contribution in [3.8, 4) is 17.2 Å². The maximum absolute atomic E-state index is 12.9. The van der Waals surface area contributed by atoms with E-state index < -0.39 is 0 Å². The first kappa shape index (κ1) is 23.1. The summed E-state index contributed by atoms with van der Waals surface area (Å²) in [5.74, 6) is 0.786. The van der Waals surface area contributed by atoms with Crippen LogP contribution in [0, 0.1) is 6.92 Å². The van der Waals surface area contributed by atoms with Crippen molar-refractivity contribution < 1.29 is 18.7 Å². The second-order valence-electron chi connectivity index (χ2n) is 9.17. The molecule has 1 heterocycles. The fourth-order valence-electron chi connectivity index (χ4n) is 3.38. The molecule has 3 aromatic carbocycles. The summed E-state index contributed by atoms with van der Waals surface area (Å²) in [5.41, 5.74) is 3.07. The van der Waals surface area contributed by atoms with E-state index in [9.17, 15) is 9.59 Å². The molecule has 1 N–H and O–H groups in total. The molecular weight excluding hydrogens is 430 g/mol. The zero-order chi connectivity index (χ0) is 24.3. The third-order valence-corrected chi connectivity index (χ3v) is 5.37. The summed E-state index contributed by atoms with van der Waals surface area (Å²) in [6.07, 6.45) is 1.29. The quantitative estimate of drug-likeness (QED) is 0.372. The van der Waals surface area contributed by atoms with Gasteiger partial charge in [-0.05, 0) is 54.3 Å². The number of nitrogens with one attached hydrogen (secondary N) is 1. The molecule has 4 aromatic rings. The summed E-state index contributed by atoms with van der Waals surface area (Å²) >= 11 is 0. The first-order valence-corrected chi connectivity index (χ1v) is 11.0. The van der Waals surface area contributed by atoms with E-state index in [4.69, 9.17) is 13.9 Å². The van der Waals surface area contributed by atoms with Gasteiger partial charge in [-0.15, -0.1) is 0 Å². The maximum atomic E-state index is 12.9. The molecular formula is C28H27NO5. The number of carbonyl (C=O) groups excluding carboxylic acids is 1. The van der Waals surface area contributed by atoms with Crippen molar-refractivity contribution in [2.75, 3.05) is 11.9 Å². The van der Waals surface area contributed by atoms with Gasteiger partial charge in [0, 0.05) is 11.8 Å². The van der Waals surface area contributed by atoms with Crippen LogP contribution < -0.4 is 20.2 Å². The summed E-state index contributed by atoms with van der Waals surface area (Å²) < 4.78 is 17.0. The number of ether oxygens (including phenoxy) is 2. The predicted molar refractivity (Wildman–Crippen MR) is 133 cm³/mol. The van der Waals surface area contributed by atoms with E-state index in [1.165, 1.54) is 11.8 Å². The van der Waals surface area contributed by atoms with E-state index in [0.717, 1.165) is 5.56 Å². The lowest BCUT2D eigenvalue weighted by atomic mass is 9.87. The van der Waals surface area contributed by atoms with Crippen molar-refractivity contribution in [1.29, 1.82) is 0 Å². The first-order chi connectivity index (χ1) is 16.2. The van der Waals surface area contributed by atoms with E-state index >= 15 is 0 Å². The van der Waals surface area contributed by atoms with Crippen molar-refractivity contribution in [3.05, 3.63) is 94.3 Å². The molecule has 0 aliphatic rings. The molecule has 0 saturated heterocycles. The smallest absolute Gasteiger partial charge is 0.262 e. The van der Waals surface area contributed by atoms with Crippen LogP contribution in [0.3, 0.4) is 0 Å². The molecule has 6 heteroatoms. The number of benzene rings is 3. The monoisotopic (exact) mass is 457 g/mol. The van der Waals surface area contributed by atoms with Crippen LogP contribution in [0.2, 0.25) is 0 Å². The summed E-state index contributed by atoms with van der Waals surface area (Å²) in [6.45, 7) is 8.21. The molecule has 0 aliphatic heterocycles. The molecule has 6 nitrogen and oxygen atoms in total. The summed E-state index contributed by atoms with van der Waals surface area (Å²) in [4.78, 5) is 25.0. The van der Waals surface area contributed by atoms with Gasteiger partial charge in [-0.3, -0.25) is 9.59 Å². The Morgan fingerprint density at radius 3 is 2.29 bits per heavy atom. The third-order valence-electron chi connectivity index (χ3n) is 5.37. The van der Waals surface area contributed by atoms with E-state index in [-0.39, 0.29) is 29.1 Å². The summed E-state index contributed by atoms with van der Waals surface area (Å²) in [7, 11) is 0. The van der Waals surface area contributed by atoms with E-state index in [1.54, 1.807) is 18.2 Å². The van der Waals surface area contributed by atoms with Crippen molar-refractivity contribution in [2.24, 2.45) is 0 Å². The van der Waals surface area contributed by atoms with Crippen LogP contribution in [0.15, 0.2) is 82.2 Å². The zero-order valence-electron chi connectivity index (χ0n) is 19.7. The van der Waals surface area contributed by atoms with Crippen LogP contribution in [0.1, 0.15) is 31.9 Å². The van der Waals surface area contributed by atoms with Gasteiger partial charge in [0.2, 0.25) is 11.2 Å². The molecule has 1 aromatic heterocycles. The van der Waals surface area contributed by atoms with Gasteiger partial charge in [0.15, 0.2) is 6.61 Å². The van der Waals surface area contributed by atoms with Gasteiger partial charge in [-0.1, -0.05) is 50.6 Å². The van der Waals surface area contributed by atoms with Crippen LogP contribution in [-0.4, -0.2) is 12.5 Å². The molecule has 34 heavy (non-hydrogen) atoms. The molecule has 0 fully saturated rings. The number of hydrogen-bond acceptors (Lipinski definition) is 5. The molecule has 0 radical (unpaired) electrons. The predicted octanol–water partition coefficient (Wildman–Crippen LogP) is 6.21. The first-order valence-electron chi connectivity index (χ1n) is 11.0. The van der Waals surface area contributed by atoms with Gasteiger partial charge in [0.05, 0.1) is 5.39 Å². The third kappa shape index (κ3) is 5.46. The minimum Gasteiger partial charge on any atom is -0.484 e. The lowest BCUT2D eigenvalue weighted by Gasteiger charge is -2.19. The fraction of sp³-hybridized carbons (Fsp3) is 0.214. The van der Waals surface area contributed by atoms with Crippen molar-refractivity contribution in [2.45, 2.75) is 33.1 Å². The highest BCUT2D eigenvalue weighted by atomic mass is 16.5. The average Bonchev–Trinajstić information content (AvgIpc) is 2.81. The fourth-order valence-corrected chi connectivity index (χ4v) is 3.38. The van der Waals surface area contributed by atoms with Gasteiger partial charge in [-0.2, -0.15) is 0 Å². The topological polar surface area (TPSA) is 77.8 Å². The van der Waals surface area contributed by atoms with Crippen molar-refractivity contribution in [1.82, 2.24) is 0 Å². The van der Waals surface area contributed by atoms with Gasteiger partial charge >= 0.3 is 0 Å². The van der Waals surface area contributed by atoms with Crippen LogP contribution >= 0.6 is 0 Å². The molecule has 0 atom stereocenters. The van der Waals surface area contributed by atoms with Crippen LogP contribution in [0.5, 0.6) is 17.2 Å². The van der Waals surface area contributed by atoms with Crippen molar-refractivity contribution >= 4 is 22.6 Å². The molecule has 174 valence electrons. The van der Waals surface area contributed by atoms with E-state index in [2.05, 4.69) is 26.1 Å². The number of aryl methyl sites for hydroxylation is 1. The highest BCUT2D eigenvalue weighted by molar-refractivity contribution is 5.92. The summed E-state index contributed by atoms with van der Waals surface area (Å²) in [5, 5.41) is 3.14. The molecule has 1 amide bonds. The number of hydrogen-bond donors (Lipinski definition) is 1. The molecule has 0 aliphatic carbocycles. The van der Waals surface area contributed by atoms with Gasteiger partial charge in [0.1, 0.15) is 23.3 Å². The molecule has 0 bridgehead atoms. The SMILES string of the molecule is Cc1ccc(NC(=O)COc2ccc3c(=O)c(Oc4ccc(C(C)(C)C)cc4)coc3c2)cc1. The molecule has 0 spiro atoms. The lowest BCUT2D eigenvalue weighted by molar-refractivity contribution is -0.118. The minimum atomic E-state index is -0.287. The highest BCUT2D eigenvalue weighted by Crippen LogP contribution is 2.27. The summed E-state index contributed by atoms with van der Waals surface area (Å²) in [6, 6.07) is 19.9. The normalized spacial score (nSPS) is 11.3. The second-order valence-corrected chi connectivity index (χ2v) is 9.17. The second kappa shape index (κ2) is 9.43. The van der Waals surface area contributed by atoms with Crippen LogP contribution in [0.25, 0.3) is 11.0 Å². The molecule has 4 rings (SSSR count). The van der Waals surface area contributed by atoms with E-state index in [1.807, 2.05) is 55.5 Å². The number of carbonyl (C=O) groups is 1. The molecule has 0 saturated carbocycles. The van der Waals surface area contributed by atoms with E-state index in [0.29, 0.717) is 28.2 Å². The Morgan fingerprint density at radius 1 is 0.941 bits per heavy atom. The highest BCUT2D eigenvalue weighted by Gasteiger charge is 2.14. The Balaban J connectivity index is 1.43. The molecule has 0 unspecified atom stereocenters. The Kier molecular flexibility index (Phi) is 6.41. The van der Waals surface area contributed by atoms with Crippen LogP contribution in [0.4, 0.5) is 5.69 Å². The lowest BCUT2D eigenvalue weighted by Crippen LogP contribution is -2.20. The Morgan fingerprint density at radius 2 is 1.62 bits per heavy atom. The van der Waals surface area contributed by atoms with Crippen LogP contribution in [-0.2, 0) is 10.2 Å². The van der Waals surface area contributed by atoms with Crippen molar-refractivity contribution in [3.63, 3.8) is 0 Å². The largest absolute Gasteiger partial charge is 0.484 e. The number of rotatable bonds is 6. The van der Waals surface area contributed by atoms with Gasteiger partial charge in [-0.25, -0.2) is 0 Å². The van der Waals surface area contributed by atoms with Gasteiger partial charge < -0.3 is 19.2 Å². The maximum Gasteiger partial charge on any atom is 0.262 e. The number of amides is 1. The average molecular weight is 458 g/mol.